The lowest BCUT2D eigenvalue weighted by atomic mass is 10.4. The van der Waals surface area contributed by atoms with Gasteiger partial charge in [-0.15, -0.1) is 0 Å². The largest absolute Gasteiger partial charge is 0.441 e. The van der Waals surface area contributed by atoms with Crippen LogP contribution in [0.5, 0.6) is 0 Å². The van der Waals surface area contributed by atoms with E-state index in [1.165, 1.54) is 0 Å². The molecule has 0 aromatic carbocycles. The van der Waals surface area contributed by atoms with Gasteiger partial charge >= 0.3 is 5.51 Å². The molecule has 0 aliphatic heterocycles. The molecule has 0 fully saturated rings. The van der Waals surface area contributed by atoms with Gasteiger partial charge in [0.15, 0.2) is 0 Å². The van der Waals surface area contributed by atoms with E-state index in [4.69, 9.17) is 14.2 Å². The standard InChI is InChI=1S/C13H26F3NO3S/c1-2-3-6-18-8-10-20-11-9-19-7-4-17-5-12-21-13(14,15)16/h17H,2-12H2,1H3. The molecule has 0 saturated carbocycles. The van der Waals surface area contributed by atoms with Crippen LogP contribution in [0.15, 0.2) is 0 Å². The van der Waals surface area contributed by atoms with Crippen LogP contribution in [0.3, 0.4) is 0 Å². The first kappa shape index (κ1) is 21.0. The minimum atomic E-state index is -4.14. The minimum Gasteiger partial charge on any atom is -0.379 e. The molecule has 128 valence electrons. The van der Waals surface area contributed by atoms with E-state index in [0.717, 1.165) is 19.4 Å². The Labute approximate surface area is 129 Å². The van der Waals surface area contributed by atoms with Crippen molar-refractivity contribution in [2.45, 2.75) is 25.3 Å². The second-order valence-electron chi connectivity index (χ2n) is 4.23. The van der Waals surface area contributed by atoms with Crippen LogP contribution in [0.25, 0.3) is 0 Å². The van der Waals surface area contributed by atoms with Crippen molar-refractivity contribution in [1.82, 2.24) is 5.32 Å². The fourth-order valence-corrected chi connectivity index (χ4v) is 1.77. The normalized spacial score (nSPS) is 12.0. The quantitative estimate of drug-likeness (QED) is 0.467. The van der Waals surface area contributed by atoms with Gasteiger partial charge in [-0.2, -0.15) is 13.2 Å². The summed E-state index contributed by atoms with van der Waals surface area (Å²) in [4.78, 5) is 0. The lowest BCUT2D eigenvalue weighted by molar-refractivity contribution is -0.0327. The topological polar surface area (TPSA) is 39.7 Å². The zero-order chi connectivity index (χ0) is 15.8. The predicted molar refractivity (Wildman–Crippen MR) is 78.7 cm³/mol. The molecule has 0 rings (SSSR count). The monoisotopic (exact) mass is 333 g/mol. The molecule has 0 amide bonds. The average molecular weight is 333 g/mol. The van der Waals surface area contributed by atoms with Gasteiger partial charge in [-0.3, -0.25) is 0 Å². The fourth-order valence-electron chi connectivity index (χ4n) is 1.30. The van der Waals surface area contributed by atoms with Crippen LogP contribution in [0.2, 0.25) is 0 Å². The molecular formula is C13H26F3NO3S. The highest BCUT2D eigenvalue weighted by Crippen LogP contribution is 2.29. The Hall–Kier alpha value is -0.0200. The number of hydrogen-bond donors (Lipinski definition) is 1. The molecule has 0 atom stereocenters. The Morgan fingerprint density at radius 1 is 0.857 bits per heavy atom. The van der Waals surface area contributed by atoms with Crippen LogP contribution in [0.1, 0.15) is 19.8 Å². The van der Waals surface area contributed by atoms with E-state index in [-0.39, 0.29) is 17.5 Å². The molecule has 0 bridgehead atoms. The van der Waals surface area contributed by atoms with Crippen LogP contribution in [0.4, 0.5) is 13.2 Å². The molecule has 0 aromatic heterocycles. The highest BCUT2D eigenvalue weighted by molar-refractivity contribution is 8.00. The molecule has 0 saturated heterocycles. The number of thioether (sulfide) groups is 1. The molecule has 0 aliphatic rings. The van der Waals surface area contributed by atoms with Crippen LogP contribution in [0, 0.1) is 0 Å². The van der Waals surface area contributed by atoms with Crippen molar-refractivity contribution >= 4 is 11.8 Å². The summed E-state index contributed by atoms with van der Waals surface area (Å²) in [6, 6.07) is 0. The van der Waals surface area contributed by atoms with Crippen molar-refractivity contribution in [3.8, 4) is 0 Å². The van der Waals surface area contributed by atoms with E-state index in [2.05, 4.69) is 12.2 Å². The molecule has 4 nitrogen and oxygen atoms in total. The molecule has 8 heteroatoms. The first-order valence-electron chi connectivity index (χ1n) is 7.21. The average Bonchev–Trinajstić information content (AvgIpc) is 2.42. The second-order valence-corrected chi connectivity index (χ2v) is 5.39. The third-order valence-corrected chi connectivity index (χ3v) is 3.09. The van der Waals surface area contributed by atoms with Gasteiger partial charge in [0.05, 0.1) is 33.0 Å². The lowest BCUT2D eigenvalue weighted by Gasteiger charge is -2.08. The van der Waals surface area contributed by atoms with Gasteiger partial charge in [0.1, 0.15) is 0 Å². The third kappa shape index (κ3) is 20.0. The second kappa shape index (κ2) is 14.9. The number of hydrogen-bond acceptors (Lipinski definition) is 5. The zero-order valence-electron chi connectivity index (χ0n) is 12.5. The van der Waals surface area contributed by atoms with E-state index in [1.54, 1.807) is 0 Å². The Morgan fingerprint density at radius 2 is 1.43 bits per heavy atom. The molecule has 0 spiro atoms. The maximum absolute atomic E-state index is 11.8. The Balaban J connectivity index is 3.00. The van der Waals surface area contributed by atoms with Crippen molar-refractivity contribution in [2.24, 2.45) is 0 Å². The Morgan fingerprint density at radius 3 is 2.00 bits per heavy atom. The fraction of sp³-hybridized carbons (Fsp3) is 1.00. The SMILES string of the molecule is CCCCOCCOCCOCCNCCSC(F)(F)F. The van der Waals surface area contributed by atoms with Crippen LogP contribution in [-0.4, -0.2) is 64.0 Å². The summed E-state index contributed by atoms with van der Waals surface area (Å²) in [6.45, 7) is 6.34. The number of ether oxygens (including phenoxy) is 3. The van der Waals surface area contributed by atoms with Crippen molar-refractivity contribution in [1.29, 1.82) is 0 Å². The van der Waals surface area contributed by atoms with E-state index in [9.17, 15) is 13.2 Å². The van der Waals surface area contributed by atoms with Gasteiger partial charge in [-0.25, -0.2) is 0 Å². The van der Waals surface area contributed by atoms with E-state index >= 15 is 0 Å². The highest BCUT2D eigenvalue weighted by Gasteiger charge is 2.27. The summed E-state index contributed by atoms with van der Waals surface area (Å²) < 4.78 is 51.3. The van der Waals surface area contributed by atoms with Gasteiger partial charge in [0.25, 0.3) is 0 Å². The Kier molecular flexibility index (Phi) is 14.9. The van der Waals surface area contributed by atoms with Gasteiger partial charge in [-0.1, -0.05) is 13.3 Å². The van der Waals surface area contributed by atoms with Crippen LogP contribution in [-0.2, 0) is 14.2 Å². The molecular weight excluding hydrogens is 307 g/mol. The van der Waals surface area contributed by atoms with Crippen molar-refractivity contribution in [3.05, 3.63) is 0 Å². The minimum absolute atomic E-state index is 0.0173. The Bertz CT molecular complexity index is 221. The van der Waals surface area contributed by atoms with E-state index in [1.807, 2.05) is 0 Å². The van der Waals surface area contributed by atoms with Gasteiger partial charge in [-0.05, 0) is 18.2 Å². The summed E-state index contributed by atoms with van der Waals surface area (Å²) in [5.74, 6) is 0.0185. The molecule has 21 heavy (non-hydrogen) atoms. The lowest BCUT2D eigenvalue weighted by Crippen LogP contribution is -2.24. The number of halogens is 3. The summed E-state index contributed by atoms with van der Waals surface area (Å²) in [5, 5.41) is 2.88. The van der Waals surface area contributed by atoms with Gasteiger partial charge in [0.2, 0.25) is 0 Å². The van der Waals surface area contributed by atoms with Gasteiger partial charge in [0, 0.05) is 25.4 Å². The molecule has 0 heterocycles. The summed E-state index contributed by atoms with van der Waals surface area (Å²) in [6.07, 6.45) is 2.19. The van der Waals surface area contributed by atoms with Crippen LogP contribution < -0.4 is 5.32 Å². The summed E-state index contributed by atoms with van der Waals surface area (Å²) in [7, 11) is 0. The number of alkyl halides is 3. The predicted octanol–water partition coefficient (Wildman–Crippen LogP) is 2.68. The third-order valence-electron chi connectivity index (χ3n) is 2.35. The van der Waals surface area contributed by atoms with Gasteiger partial charge < -0.3 is 19.5 Å². The van der Waals surface area contributed by atoms with Crippen LogP contribution >= 0.6 is 11.8 Å². The molecule has 0 radical (unpaired) electrons. The molecule has 0 aromatic rings. The summed E-state index contributed by atoms with van der Waals surface area (Å²) >= 11 is -0.0173. The molecule has 0 aliphatic carbocycles. The summed E-state index contributed by atoms with van der Waals surface area (Å²) in [5.41, 5.74) is -4.14. The smallest absolute Gasteiger partial charge is 0.379 e. The maximum Gasteiger partial charge on any atom is 0.441 e. The van der Waals surface area contributed by atoms with E-state index in [0.29, 0.717) is 46.1 Å². The van der Waals surface area contributed by atoms with Crippen molar-refractivity contribution in [3.63, 3.8) is 0 Å². The number of rotatable bonds is 15. The molecule has 0 unspecified atom stereocenters. The molecule has 1 N–H and O–H groups in total. The van der Waals surface area contributed by atoms with E-state index < -0.39 is 5.51 Å². The maximum atomic E-state index is 11.8. The van der Waals surface area contributed by atoms with Crippen molar-refractivity contribution < 1.29 is 27.4 Å². The zero-order valence-corrected chi connectivity index (χ0v) is 13.4. The van der Waals surface area contributed by atoms with Crippen molar-refractivity contribution in [2.75, 3.05) is 58.5 Å². The first-order chi connectivity index (χ1) is 10.1. The highest BCUT2D eigenvalue weighted by atomic mass is 32.2. The number of nitrogens with one attached hydrogen (secondary N) is 1. The number of unbranched alkanes of at least 4 members (excludes halogenated alkanes) is 1. The first-order valence-corrected chi connectivity index (χ1v) is 8.19.